The number of aryl methyl sites for hydroxylation is 1. The molecule has 50 heavy (non-hydrogen) atoms. The van der Waals surface area contributed by atoms with E-state index in [4.69, 9.17) is 14.2 Å². The molecule has 1 fully saturated rings. The van der Waals surface area contributed by atoms with E-state index in [9.17, 15) is 19.2 Å². The van der Waals surface area contributed by atoms with Gasteiger partial charge in [-0.2, -0.15) is 0 Å². The Morgan fingerprint density at radius 2 is 1.68 bits per heavy atom. The molecule has 11 heteroatoms. The maximum atomic E-state index is 13.7. The molecular weight excluding hydrogens is 636 g/mol. The van der Waals surface area contributed by atoms with Gasteiger partial charge in [-0.3, -0.25) is 14.4 Å². The maximum absolute atomic E-state index is 13.7. The van der Waals surface area contributed by atoms with Crippen molar-refractivity contribution >= 4 is 41.1 Å². The number of nitrogens with zero attached hydrogens (tertiary/aromatic N) is 3. The number of esters is 1. The highest BCUT2D eigenvalue weighted by Gasteiger charge is 2.21. The van der Waals surface area contributed by atoms with Gasteiger partial charge in [-0.05, 0) is 93.8 Å². The number of carbonyl (C=O) groups excluding carboxylic acids is 4. The normalized spacial score (nSPS) is 13.2. The first-order valence-electron chi connectivity index (χ1n) is 17.0. The predicted octanol–water partition coefficient (Wildman–Crippen LogP) is 5.82. The third kappa shape index (κ3) is 10.4. The van der Waals surface area contributed by atoms with Gasteiger partial charge in [-0.15, -0.1) is 0 Å². The molecule has 0 unspecified atom stereocenters. The largest absolute Gasteiger partial charge is 0.495 e. The number of nitrogens with one attached hydrogen (secondary N) is 1. The van der Waals surface area contributed by atoms with Gasteiger partial charge in [-0.25, -0.2) is 4.79 Å². The van der Waals surface area contributed by atoms with Crippen molar-refractivity contribution in [3.05, 3.63) is 89.0 Å². The summed E-state index contributed by atoms with van der Waals surface area (Å²) in [6.45, 7) is 7.83. The van der Waals surface area contributed by atoms with E-state index in [1.165, 1.54) is 24.2 Å². The maximum Gasteiger partial charge on any atom is 0.330 e. The van der Waals surface area contributed by atoms with Crippen molar-refractivity contribution in [2.45, 2.75) is 39.5 Å². The Morgan fingerprint density at radius 3 is 2.42 bits per heavy atom. The molecule has 11 nitrogen and oxygen atoms in total. The molecule has 0 aromatic heterocycles. The molecule has 1 N–H and O–H groups in total. The number of benzene rings is 3. The van der Waals surface area contributed by atoms with Crippen LogP contribution in [0.2, 0.25) is 0 Å². The van der Waals surface area contributed by atoms with Crippen LogP contribution in [-0.2, 0) is 14.3 Å². The zero-order chi connectivity index (χ0) is 36.0. The zero-order valence-electron chi connectivity index (χ0n) is 29.7. The molecule has 1 aliphatic rings. The summed E-state index contributed by atoms with van der Waals surface area (Å²) in [6.07, 6.45) is 5.82. The second kappa shape index (κ2) is 18.6. The predicted molar refractivity (Wildman–Crippen MR) is 195 cm³/mol. The molecule has 1 saturated heterocycles. The number of rotatable bonds is 15. The minimum Gasteiger partial charge on any atom is -0.495 e. The van der Waals surface area contributed by atoms with E-state index in [0.717, 1.165) is 51.0 Å². The molecule has 266 valence electrons. The SMILES string of the molecule is CCOC(=O)/C=C/c1ccccc1C(=O)Nc1ccc(C(=O)N(C)c2ccc(C)cc2OCCCCCC(=O)N2CCN(C)CC2)cc1OC. The minimum absolute atomic E-state index is 0.220. The van der Waals surface area contributed by atoms with Gasteiger partial charge < -0.3 is 34.2 Å². The van der Waals surface area contributed by atoms with Gasteiger partial charge in [0, 0.05) is 56.9 Å². The van der Waals surface area contributed by atoms with Gasteiger partial charge >= 0.3 is 5.97 Å². The number of ether oxygens (including phenoxy) is 3. The van der Waals surface area contributed by atoms with Crippen LogP contribution in [0.15, 0.2) is 66.7 Å². The molecule has 3 aromatic rings. The van der Waals surface area contributed by atoms with Crippen molar-refractivity contribution in [2.75, 3.05) is 70.8 Å². The van der Waals surface area contributed by atoms with Crippen molar-refractivity contribution in [2.24, 2.45) is 0 Å². The first-order chi connectivity index (χ1) is 24.1. The van der Waals surface area contributed by atoms with E-state index in [2.05, 4.69) is 17.3 Å². The van der Waals surface area contributed by atoms with Crippen molar-refractivity contribution in [3.8, 4) is 11.5 Å². The van der Waals surface area contributed by atoms with E-state index in [0.29, 0.717) is 52.6 Å². The van der Waals surface area contributed by atoms with Crippen molar-refractivity contribution in [1.82, 2.24) is 9.80 Å². The molecule has 1 aliphatic heterocycles. The highest BCUT2D eigenvalue weighted by molar-refractivity contribution is 6.09. The topological polar surface area (TPSA) is 118 Å². The second-order valence-electron chi connectivity index (χ2n) is 12.2. The van der Waals surface area contributed by atoms with E-state index < -0.39 is 11.9 Å². The van der Waals surface area contributed by atoms with Gasteiger partial charge in [0.2, 0.25) is 5.91 Å². The quantitative estimate of drug-likeness (QED) is 0.121. The Labute approximate surface area is 294 Å². The lowest BCUT2D eigenvalue weighted by atomic mass is 10.1. The summed E-state index contributed by atoms with van der Waals surface area (Å²) in [5.41, 5.74) is 3.25. The molecular formula is C39H48N4O7. The van der Waals surface area contributed by atoms with Crippen LogP contribution in [-0.4, -0.2) is 94.1 Å². The number of likely N-dealkylation sites (N-methyl/N-ethyl adjacent to an activating group) is 1. The Bertz CT molecular complexity index is 1680. The van der Waals surface area contributed by atoms with Crippen molar-refractivity contribution in [3.63, 3.8) is 0 Å². The molecule has 0 atom stereocenters. The summed E-state index contributed by atoms with van der Waals surface area (Å²) in [5, 5.41) is 2.85. The van der Waals surface area contributed by atoms with Gasteiger partial charge in [0.1, 0.15) is 11.5 Å². The monoisotopic (exact) mass is 684 g/mol. The Hall–Kier alpha value is -5.16. The van der Waals surface area contributed by atoms with Gasteiger partial charge in [0.05, 0.1) is 31.7 Å². The van der Waals surface area contributed by atoms with Gasteiger partial charge in [-0.1, -0.05) is 24.3 Å². The number of anilines is 2. The summed E-state index contributed by atoms with van der Waals surface area (Å²) in [6, 6.07) is 17.4. The van der Waals surface area contributed by atoms with E-state index in [1.54, 1.807) is 56.4 Å². The number of carbonyl (C=O) groups is 4. The van der Waals surface area contributed by atoms with E-state index in [1.807, 2.05) is 30.0 Å². The molecule has 0 radical (unpaired) electrons. The molecule has 0 spiro atoms. The van der Waals surface area contributed by atoms with Crippen LogP contribution >= 0.6 is 0 Å². The summed E-state index contributed by atoms with van der Waals surface area (Å²) in [7, 11) is 5.23. The number of unbranched alkanes of at least 4 members (excludes halogenated alkanes) is 2. The highest BCUT2D eigenvalue weighted by atomic mass is 16.5. The number of hydrogen-bond donors (Lipinski definition) is 1. The summed E-state index contributed by atoms with van der Waals surface area (Å²) < 4.78 is 16.7. The smallest absolute Gasteiger partial charge is 0.330 e. The van der Waals surface area contributed by atoms with E-state index in [-0.39, 0.29) is 18.4 Å². The molecule has 0 bridgehead atoms. The number of methoxy groups -OCH3 is 1. The Kier molecular flexibility index (Phi) is 14.0. The number of amides is 3. The molecule has 4 rings (SSSR count). The number of piperazine rings is 1. The minimum atomic E-state index is -0.500. The second-order valence-corrected chi connectivity index (χ2v) is 12.2. The fraction of sp³-hybridized carbons (Fsp3) is 0.385. The van der Waals surface area contributed by atoms with Crippen molar-refractivity contribution < 1.29 is 33.4 Å². The van der Waals surface area contributed by atoms with Crippen LogP contribution in [0, 0.1) is 6.92 Å². The molecule has 3 amide bonds. The molecule has 3 aromatic carbocycles. The molecule has 0 saturated carbocycles. The summed E-state index contributed by atoms with van der Waals surface area (Å²) >= 11 is 0. The summed E-state index contributed by atoms with van der Waals surface area (Å²) in [5.74, 6) is -0.0686. The Balaban J connectivity index is 1.37. The van der Waals surface area contributed by atoms with Crippen LogP contribution in [0.4, 0.5) is 11.4 Å². The zero-order valence-corrected chi connectivity index (χ0v) is 29.7. The standard InChI is InChI=1S/C39H48N4O7/c1-6-49-37(45)20-17-29-12-9-10-13-31(29)38(46)40-32-18-16-30(27-34(32)48-5)39(47)42(4)33-19-15-28(2)26-35(33)50-25-11-7-8-14-36(44)43-23-21-41(3)22-24-43/h9-10,12-13,15-20,26-27H,6-8,11,14,21-25H2,1-5H3,(H,40,46)/b20-17+. The molecule has 1 heterocycles. The van der Waals surface area contributed by atoms with Gasteiger partial charge in [0.15, 0.2) is 0 Å². The van der Waals surface area contributed by atoms with Crippen LogP contribution in [0.25, 0.3) is 6.08 Å². The lowest BCUT2D eigenvalue weighted by Crippen LogP contribution is -2.47. The third-order valence-corrected chi connectivity index (χ3v) is 8.52. The van der Waals surface area contributed by atoms with E-state index >= 15 is 0 Å². The third-order valence-electron chi connectivity index (χ3n) is 8.52. The van der Waals surface area contributed by atoms with Crippen LogP contribution in [0.1, 0.15) is 64.4 Å². The van der Waals surface area contributed by atoms with Crippen LogP contribution in [0.5, 0.6) is 11.5 Å². The molecule has 0 aliphatic carbocycles. The lowest BCUT2D eigenvalue weighted by molar-refractivity contribution is -0.137. The van der Waals surface area contributed by atoms with Gasteiger partial charge in [0.25, 0.3) is 11.8 Å². The number of hydrogen-bond acceptors (Lipinski definition) is 8. The highest BCUT2D eigenvalue weighted by Crippen LogP contribution is 2.32. The first-order valence-corrected chi connectivity index (χ1v) is 17.0. The first kappa shape index (κ1) is 37.7. The average Bonchev–Trinajstić information content (AvgIpc) is 3.12. The fourth-order valence-electron chi connectivity index (χ4n) is 5.58. The fourth-order valence-corrected chi connectivity index (χ4v) is 5.58. The van der Waals surface area contributed by atoms with Crippen molar-refractivity contribution in [1.29, 1.82) is 0 Å². The Morgan fingerprint density at radius 1 is 0.920 bits per heavy atom. The summed E-state index contributed by atoms with van der Waals surface area (Å²) in [4.78, 5) is 57.0. The van der Waals surface area contributed by atoms with Crippen LogP contribution < -0.4 is 19.7 Å². The van der Waals surface area contributed by atoms with Crippen LogP contribution in [0.3, 0.4) is 0 Å². The lowest BCUT2D eigenvalue weighted by Gasteiger charge is -2.32. The average molecular weight is 685 g/mol.